The molecule has 23 heavy (non-hydrogen) atoms. The Labute approximate surface area is 136 Å². The third-order valence-electron chi connectivity index (χ3n) is 3.40. The van der Waals surface area contributed by atoms with Gasteiger partial charge in [-0.15, -0.1) is 0 Å². The molecule has 1 aromatic rings. The monoisotopic (exact) mass is 342 g/mol. The molecule has 1 aliphatic carbocycles. The molecule has 0 bridgehead atoms. The topological polar surface area (TPSA) is 105 Å². The highest BCUT2D eigenvalue weighted by Crippen LogP contribution is 2.27. The summed E-state index contributed by atoms with van der Waals surface area (Å²) in [6.45, 7) is 3.67. The maximum atomic E-state index is 12.4. The summed E-state index contributed by atoms with van der Waals surface area (Å²) < 4.78 is 32.7. The zero-order chi connectivity index (χ0) is 16.9. The molecule has 0 amide bonds. The van der Waals surface area contributed by atoms with Crippen LogP contribution >= 0.6 is 0 Å². The number of rotatable bonds is 10. The van der Waals surface area contributed by atoms with Crippen molar-refractivity contribution in [3.05, 3.63) is 23.8 Å². The molecule has 8 heteroatoms. The summed E-state index contributed by atoms with van der Waals surface area (Å²) in [6, 6.07) is 4.03. The van der Waals surface area contributed by atoms with Crippen LogP contribution in [0.5, 0.6) is 0 Å². The number of aromatic carboxylic acids is 1. The van der Waals surface area contributed by atoms with E-state index in [-0.39, 0.29) is 16.5 Å². The summed E-state index contributed by atoms with van der Waals surface area (Å²) in [6.07, 6.45) is 2.36. The minimum atomic E-state index is -3.74. The fourth-order valence-electron chi connectivity index (χ4n) is 2.05. The first-order valence-corrected chi connectivity index (χ1v) is 9.13. The number of anilines is 1. The smallest absolute Gasteiger partial charge is 0.335 e. The number of benzene rings is 1. The fourth-order valence-corrected chi connectivity index (χ4v) is 3.56. The number of ether oxygens (including phenoxy) is 1. The molecule has 1 saturated carbocycles. The normalized spacial score (nSPS) is 14.7. The number of hydrogen-bond donors (Lipinski definition) is 3. The van der Waals surface area contributed by atoms with Crippen molar-refractivity contribution in [3.63, 3.8) is 0 Å². The van der Waals surface area contributed by atoms with Gasteiger partial charge >= 0.3 is 5.97 Å². The summed E-state index contributed by atoms with van der Waals surface area (Å²) >= 11 is 0. The molecule has 0 radical (unpaired) electrons. The summed E-state index contributed by atoms with van der Waals surface area (Å²) in [5.41, 5.74) is 0.348. The summed E-state index contributed by atoms with van der Waals surface area (Å²) in [5.74, 6) is -1.16. The molecule has 0 saturated heterocycles. The Bertz CT molecular complexity index is 656. The Hall–Kier alpha value is -1.64. The van der Waals surface area contributed by atoms with Gasteiger partial charge in [-0.3, -0.25) is 0 Å². The average molecular weight is 342 g/mol. The molecule has 0 spiro atoms. The van der Waals surface area contributed by atoms with Crippen molar-refractivity contribution in [2.24, 2.45) is 0 Å². The molecule has 7 nitrogen and oxygen atoms in total. The number of hydrogen-bond acceptors (Lipinski definition) is 5. The standard InChI is InChI=1S/C15H22N2O5S/c1-2-22-9-3-8-16-13-7-4-11(15(18)19)10-14(13)23(20,21)17-12-5-6-12/h4,7,10,12,16-17H,2-3,5-6,8-9H2,1H3,(H,18,19). The van der Waals surface area contributed by atoms with Gasteiger partial charge in [0.05, 0.1) is 11.3 Å². The van der Waals surface area contributed by atoms with Crippen LogP contribution in [0.1, 0.15) is 36.5 Å². The van der Waals surface area contributed by atoms with Crippen molar-refractivity contribution in [1.82, 2.24) is 4.72 Å². The van der Waals surface area contributed by atoms with E-state index in [0.717, 1.165) is 19.3 Å². The molecule has 1 aliphatic rings. The molecular formula is C15H22N2O5S. The third-order valence-corrected chi connectivity index (χ3v) is 4.96. The highest BCUT2D eigenvalue weighted by atomic mass is 32.2. The van der Waals surface area contributed by atoms with Gasteiger partial charge in [0.1, 0.15) is 4.90 Å². The van der Waals surface area contributed by atoms with Crippen LogP contribution in [0.15, 0.2) is 23.1 Å². The van der Waals surface area contributed by atoms with Crippen LogP contribution in [-0.2, 0) is 14.8 Å². The lowest BCUT2D eigenvalue weighted by molar-refractivity contribution is 0.0696. The number of carboxylic acids is 1. The van der Waals surface area contributed by atoms with E-state index < -0.39 is 16.0 Å². The van der Waals surface area contributed by atoms with E-state index in [1.807, 2.05) is 6.92 Å². The number of nitrogens with one attached hydrogen (secondary N) is 2. The van der Waals surface area contributed by atoms with Crippen molar-refractivity contribution in [1.29, 1.82) is 0 Å². The zero-order valence-corrected chi connectivity index (χ0v) is 13.9. The first-order valence-electron chi connectivity index (χ1n) is 7.65. The highest BCUT2D eigenvalue weighted by molar-refractivity contribution is 7.89. The zero-order valence-electron chi connectivity index (χ0n) is 13.0. The molecule has 2 rings (SSSR count). The molecule has 0 heterocycles. The molecule has 0 unspecified atom stereocenters. The van der Waals surface area contributed by atoms with Crippen molar-refractivity contribution >= 4 is 21.7 Å². The van der Waals surface area contributed by atoms with Gasteiger partial charge in [-0.25, -0.2) is 17.9 Å². The van der Waals surface area contributed by atoms with E-state index >= 15 is 0 Å². The molecular weight excluding hydrogens is 320 g/mol. The van der Waals surface area contributed by atoms with Crippen LogP contribution in [0.3, 0.4) is 0 Å². The Kier molecular flexibility index (Phi) is 5.97. The lowest BCUT2D eigenvalue weighted by Gasteiger charge is -2.14. The van der Waals surface area contributed by atoms with Crippen molar-refractivity contribution in [3.8, 4) is 0 Å². The minimum Gasteiger partial charge on any atom is -0.478 e. The molecule has 0 aromatic heterocycles. The van der Waals surface area contributed by atoms with Gasteiger partial charge in [0, 0.05) is 25.8 Å². The van der Waals surface area contributed by atoms with E-state index in [0.29, 0.717) is 25.4 Å². The molecule has 0 aliphatic heterocycles. The molecule has 0 atom stereocenters. The third kappa shape index (κ3) is 5.19. The number of sulfonamides is 1. The van der Waals surface area contributed by atoms with Crippen LogP contribution in [0.4, 0.5) is 5.69 Å². The van der Waals surface area contributed by atoms with E-state index in [1.165, 1.54) is 18.2 Å². The molecule has 128 valence electrons. The van der Waals surface area contributed by atoms with Gasteiger partial charge in [0.25, 0.3) is 0 Å². The first kappa shape index (κ1) is 17.7. The van der Waals surface area contributed by atoms with Gasteiger partial charge in [-0.1, -0.05) is 0 Å². The first-order chi connectivity index (χ1) is 10.9. The quantitative estimate of drug-likeness (QED) is 0.559. The lowest BCUT2D eigenvalue weighted by Crippen LogP contribution is -2.27. The van der Waals surface area contributed by atoms with E-state index in [9.17, 15) is 13.2 Å². The second-order valence-electron chi connectivity index (χ2n) is 5.39. The van der Waals surface area contributed by atoms with Crippen molar-refractivity contribution in [2.45, 2.75) is 37.1 Å². The molecule has 1 fully saturated rings. The minimum absolute atomic E-state index is 0.0271. The Morgan fingerprint density at radius 3 is 2.74 bits per heavy atom. The Morgan fingerprint density at radius 2 is 2.13 bits per heavy atom. The van der Waals surface area contributed by atoms with E-state index in [2.05, 4.69) is 10.0 Å². The van der Waals surface area contributed by atoms with Crippen molar-refractivity contribution in [2.75, 3.05) is 25.1 Å². The molecule has 1 aromatic carbocycles. The lowest BCUT2D eigenvalue weighted by atomic mass is 10.2. The second kappa shape index (κ2) is 7.76. The summed E-state index contributed by atoms with van der Waals surface area (Å²) in [5, 5.41) is 12.1. The average Bonchev–Trinajstić information content (AvgIpc) is 3.30. The van der Waals surface area contributed by atoms with Crippen LogP contribution in [0, 0.1) is 0 Å². The largest absolute Gasteiger partial charge is 0.478 e. The van der Waals surface area contributed by atoms with Gasteiger partial charge in [0.15, 0.2) is 0 Å². The van der Waals surface area contributed by atoms with Crippen LogP contribution in [-0.4, -0.2) is 45.3 Å². The number of carboxylic acid groups (broad SMARTS) is 1. The summed E-state index contributed by atoms with van der Waals surface area (Å²) in [7, 11) is -3.74. The SMILES string of the molecule is CCOCCCNc1ccc(C(=O)O)cc1S(=O)(=O)NC1CC1. The van der Waals surface area contributed by atoms with Gasteiger partial charge < -0.3 is 15.2 Å². The molecule has 3 N–H and O–H groups in total. The Morgan fingerprint density at radius 1 is 1.39 bits per heavy atom. The van der Waals surface area contributed by atoms with Crippen molar-refractivity contribution < 1.29 is 23.1 Å². The second-order valence-corrected chi connectivity index (χ2v) is 7.07. The highest BCUT2D eigenvalue weighted by Gasteiger charge is 2.30. The van der Waals surface area contributed by atoms with Crippen LogP contribution in [0.2, 0.25) is 0 Å². The summed E-state index contributed by atoms with van der Waals surface area (Å²) in [4.78, 5) is 11.1. The van der Waals surface area contributed by atoms with Crippen LogP contribution < -0.4 is 10.0 Å². The van der Waals surface area contributed by atoms with Gasteiger partial charge in [0.2, 0.25) is 10.0 Å². The van der Waals surface area contributed by atoms with E-state index in [1.54, 1.807) is 0 Å². The maximum Gasteiger partial charge on any atom is 0.335 e. The fraction of sp³-hybridized carbons (Fsp3) is 0.533. The van der Waals surface area contributed by atoms with Crippen LogP contribution in [0.25, 0.3) is 0 Å². The number of carbonyl (C=O) groups is 1. The predicted octanol–water partition coefficient (Wildman–Crippen LogP) is 1.66. The Balaban J connectivity index is 2.17. The predicted molar refractivity (Wildman–Crippen MR) is 86.3 cm³/mol. The van der Waals surface area contributed by atoms with Gasteiger partial charge in [-0.05, 0) is 44.4 Å². The van der Waals surface area contributed by atoms with E-state index in [4.69, 9.17) is 9.84 Å². The van der Waals surface area contributed by atoms with Gasteiger partial charge in [-0.2, -0.15) is 0 Å². The maximum absolute atomic E-state index is 12.4.